The normalized spacial score (nSPS) is 24.2. The monoisotopic (exact) mass is 341 g/mol. The lowest BCUT2D eigenvalue weighted by Crippen LogP contribution is -2.55. The first-order valence-corrected chi connectivity index (χ1v) is 8.95. The summed E-state index contributed by atoms with van der Waals surface area (Å²) in [6, 6.07) is 19.9. The Balaban J connectivity index is 1.59. The minimum atomic E-state index is -0.508. The molecule has 0 bridgehead atoms. The van der Waals surface area contributed by atoms with Gasteiger partial charge in [0.2, 0.25) is 0 Å². The Bertz CT molecular complexity index is 634. The summed E-state index contributed by atoms with van der Waals surface area (Å²) in [6.07, 6.45) is 0.879. The van der Waals surface area contributed by atoms with Gasteiger partial charge in [-0.3, -0.25) is 4.90 Å². The van der Waals surface area contributed by atoms with Crippen LogP contribution in [-0.2, 0) is 6.42 Å². The van der Waals surface area contributed by atoms with Gasteiger partial charge < -0.3 is 14.9 Å². The van der Waals surface area contributed by atoms with Gasteiger partial charge in [0.1, 0.15) is 12.4 Å². The lowest BCUT2D eigenvalue weighted by molar-refractivity contribution is -0.0763. The van der Waals surface area contributed by atoms with Crippen molar-refractivity contribution in [2.75, 3.05) is 32.8 Å². The lowest BCUT2D eigenvalue weighted by Gasteiger charge is -2.45. The van der Waals surface area contributed by atoms with Gasteiger partial charge in [-0.25, -0.2) is 0 Å². The van der Waals surface area contributed by atoms with E-state index in [2.05, 4.69) is 17.0 Å². The van der Waals surface area contributed by atoms with Crippen LogP contribution in [0.15, 0.2) is 60.7 Å². The number of nitrogens with zero attached hydrogens (tertiary/aromatic N) is 1. The molecule has 2 N–H and O–H groups in total. The third-order valence-corrected chi connectivity index (χ3v) is 5.10. The maximum atomic E-state index is 10.6. The average Bonchev–Trinajstić information content (AvgIpc) is 2.66. The molecule has 0 saturated carbocycles. The van der Waals surface area contributed by atoms with Crippen LogP contribution >= 0.6 is 0 Å². The molecule has 4 heteroatoms. The van der Waals surface area contributed by atoms with E-state index in [-0.39, 0.29) is 6.61 Å². The summed E-state index contributed by atoms with van der Waals surface area (Å²) in [5.74, 6) is 0.872. The van der Waals surface area contributed by atoms with E-state index in [0.29, 0.717) is 26.0 Å². The molecule has 1 heterocycles. The molecular formula is C21H27NO3. The van der Waals surface area contributed by atoms with E-state index in [9.17, 15) is 10.2 Å². The van der Waals surface area contributed by atoms with Crippen molar-refractivity contribution in [1.82, 2.24) is 4.90 Å². The van der Waals surface area contributed by atoms with Crippen LogP contribution in [0.4, 0.5) is 0 Å². The highest BCUT2D eigenvalue weighted by Gasteiger charge is 2.42. The molecule has 0 unspecified atom stereocenters. The molecule has 25 heavy (non-hydrogen) atoms. The maximum Gasteiger partial charge on any atom is 0.119 e. The van der Waals surface area contributed by atoms with E-state index in [4.69, 9.17) is 4.74 Å². The van der Waals surface area contributed by atoms with E-state index >= 15 is 0 Å². The van der Waals surface area contributed by atoms with Crippen molar-refractivity contribution >= 4 is 0 Å². The van der Waals surface area contributed by atoms with Crippen molar-refractivity contribution < 1.29 is 14.9 Å². The van der Waals surface area contributed by atoms with Gasteiger partial charge in [-0.2, -0.15) is 0 Å². The van der Waals surface area contributed by atoms with Gasteiger partial charge in [-0.1, -0.05) is 48.5 Å². The molecule has 0 amide bonds. The molecule has 4 nitrogen and oxygen atoms in total. The number of piperidine rings is 1. The molecule has 0 aromatic heterocycles. The third kappa shape index (κ3) is 4.60. The fourth-order valence-corrected chi connectivity index (χ4v) is 3.63. The SMILES string of the molecule is OC[C@@]1(Cc2ccccc2)CN(CCOc2ccccc2)CC[C@@H]1O. The zero-order valence-electron chi connectivity index (χ0n) is 14.6. The molecule has 134 valence electrons. The zero-order valence-corrected chi connectivity index (χ0v) is 14.6. The molecule has 0 radical (unpaired) electrons. The summed E-state index contributed by atoms with van der Waals surface area (Å²) in [4.78, 5) is 2.29. The summed E-state index contributed by atoms with van der Waals surface area (Å²) in [5, 5.41) is 20.7. The predicted molar refractivity (Wildman–Crippen MR) is 98.7 cm³/mol. The molecule has 1 fully saturated rings. The Morgan fingerprint density at radius 2 is 1.72 bits per heavy atom. The minimum Gasteiger partial charge on any atom is -0.492 e. The Morgan fingerprint density at radius 3 is 2.40 bits per heavy atom. The number of hydrogen-bond acceptors (Lipinski definition) is 4. The van der Waals surface area contributed by atoms with Crippen molar-refractivity contribution in [3.05, 3.63) is 66.2 Å². The van der Waals surface area contributed by atoms with Crippen molar-refractivity contribution in [3.63, 3.8) is 0 Å². The molecule has 0 aliphatic carbocycles. The van der Waals surface area contributed by atoms with Gasteiger partial charge in [0, 0.05) is 25.0 Å². The minimum absolute atomic E-state index is 0.0148. The van der Waals surface area contributed by atoms with E-state index in [1.54, 1.807) is 0 Å². The molecule has 2 atom stereocenters. The van der Waals surface area contributed by atoms with Crippen molar-refractivity contribution in [2.45, 2.75) is 18.9 Å². The van der Waals surface area contributed by atoms with Crippen molar-refractivity contribution in [2.24, 2.45) is 5.41 Å². The number of aliphatic hydroxyl groups excluding tert-OH is 2. The number of ether oxygens (including phenoxy) is 1. The van der Waals surface area contributed by atoms with E-state index in [1.807, 2.05) is 48.5 Å². The van der Waals surface area contributed by atoms with Crippen LogP contribution in [0.3, 0.4) is 0 Å². The Labute approximate surface area is 149 Å². The summed E-state index contributed by atoms with van der Waals surface area (Å²) in [6.45, 7) is 2.89. The summed E-state index contributed by atoms with van der Waals surface area (Å²) in [5.41, 5.74) is 0.643. The molecule has 3 rings (SSSR count). The first kappa shape index (κ1) is 17.9. The van der Waals surface area contributed by atoms with Crippen molar-refractivity contribution in [1.29, 1.82) is 0 Å². The summed E-state index contributed by atoms with van der Waals surface area (Å²) in [7, 11) is 0. The second-order valence-electron chi connectivity index (χ2n) is 6.92. The van der Waals surface area contributed by atoms with Gasteiger partial charge in [0.05, 0.1) is 12.7 Å². The summed E-state index contributed by atoms with van der Waals surface area (Å²) >= 11 is 0. The predicted octanol–water partition coefficient (Wildman–Crippen LogP) is 2.35. The highest BCUT2D eigenvalue weighted by Crippen LogP contribution is 2.33. The average molecular weight is 341 g/mol. The zero-order chi connectivity index (χ0) is 17.5. The number of aliphatic hydroxyl groups is 2. The van der Waals surface area contributed by atoms with Crippen molar-refractivity contribution in [3.8, 4) is 5.75 Å². The number of para-hydroxylation sites is 1. The second kappa shape index (κ2) is 8.48. The quantitative estimate of drug-likeness (QED) is 0.812. The fraction of sp³-hybridized carbons (Fsp3) is 0.429. The first-order valence-electron chi connectivity index (χ1n) is 8.95. The Morgan fingerprint density at radius 1 is 1.04 bits per heavy atom. The van der Waals surface area contributed by atoms with Gasteiger partial charge in [0.15, 0.2) is 0 Å². The van der Waals surface area contributed by atoms with Crippen LogP contribution in [-0.4, -0.2) is 54.1 Å². The molecule has 1 aliphatic rings. The van der Waals surface area contributed by atoms with Crippen LogP contribution in [0.1, 0.15) is 12.0 Å². The molecular weight excluding hydrogens is 314 g/mol. The highest BCUT2D eigenvalue weighted by atomic mass is 16.5. The number of likely N-dealkylation sites (tertiary alicyclic amines) is 1. The van der Waals surface area contributed by atoms with Crippen LogP contribution in [0, 0.1) is 5.41 Å². The molecule has 1 saturated heterocycles. The molecule has 2 aromatic carbocycles. The second-order valence-corrected chi connectivity index (χ2v) is 6.92. The van der Waals surface area contributed by atoms with E-state index < -0.39 is 11.5 Å². The number of hydrogen-bond donors (Lipinski definition) is 2. The molecule has 1 aliphatic heterocycles. The Kier molecular flexibility index (Phi) is 6.08. The molecule has 0 spiro atoms. The van der Waals surface area contributed by atoms with Crippen LogP contribution in [0.5, 0.6) is 5.75 Å². The highest BCUT2D eigenvalue weighted by molar-refractivity contribution is 5.21. The van der Waals surface area contributed by atoms with Crippen LogP contribution in [0.2, 0.25) is 0 Å². The number of rotatable bonds is 7. The lowest BCUT2D eigenvalue weighted by atomic mass is 9.73. The fourth-order valence-electron chi connectivity index (χ4n) is 3.63. The molecule has 2 aromatic rings. The Hall–Kier alpha value is -1.88. The maximum absolute atomic E-state index is 10.6. The summed E-state index contributed by atoms with van der Waals surface area (Å²) < 4.78 is 5.79. The number of benzene rings is 2. The van der Waals surface area contributed by atoms with Gasteiger partial charge in [0.25, 0.3) is 0 Å². The van der Waals surface area contributed by atoms with Gasteiger partial charge >= 0.3 is 0 Å². The van der Waals surface area contributed by atoms with Gasteiger partial charge in [-0.05, 0) is 30.5 Å². The van der Waals surface area contributed by atoms with E-state index in [1.165, 1.54) is 0 Å². The largest absolute Gasteiger partial charge is 0.492 e. The third-order valence-electron chi connectivity index (χ3n) is 5.10. The topological polar surface area (TPSA) is 52.9 Å². The van der Waals surface area contributed by atoms with Crippen LogP contribution in [0.25, 0.3) is 0 Å². The smallest absolute Gasteiger partial charge is 0.119 e. The van der Waals surface area contributed by atoms with Crippen LogP contribution < -0.4 is 4.74 Å². The first-order chi connectivity index (χ1) is 12.2. The standard InChI is InChI=1S/C21H27NO3/c23-17-21(15-18-7-3-1-4-8-18)16-22(12-11-20(21)24)13-14-25-19-9-5-2-6-10-19/h1-10,20,23-24H,11-17H2/t20-,21+/m0/s1. The van der Waals surface area contributed by atoms with Gasteiger partial charge in [-0.15, -0.1) is 0 Å². The van der Waals surface area contributed by atoms with E-state index in [0.717, 1.165) is 24.4 Å².